The summed E-state index contributed by atoms with van der Waals surface area (Å²) in [7, 11) is 1.57. The number of likely N-dealkylation sites (N-methyl/N-ethyl adjacent to an activating group) is 1. The van der Waals surface area contributed by atoms with Crippen LogP contribution in [0, 0.1) is 19.8 Å². The molecule has 1 aliphatic rings. The maximum Gasteiger partial charge on any atom is 0.306 e. The molecule has 3 heterocycles. The number of carbonyl (C=O) groups excluding carboxylic acids is 2. The van der Waals surface area contributed by atoms with E-state index in [1.54, 1.807) is 23.4 Å². The molecular formula is C18H23N5O4. The van der Waals surface area contributed by atoms with Crippen molar-refractivity contribution < 1.29 is 19.5 Å². The fourth-order valence-corrected chi connectivity index (χ4v) is 3.33. The topological polar surface area (TPSA) is 108 Å². The highest BCUT2D eigenvalue weighted by Gasteiger charge is 2.28. The van der Waals surface area contributed by atoms with Crippen LogP contribution in [0.5, 0.6) is 0 Å². The van der Waals surface area contributed by atoms with Crippen molar-refractivity contribution in [3.05, 3.63) is 29.2 Å². The minimum Gasteiger partial charge on any atom is -0.481 e. The number of hydrogen-bond acceptors (Lipinski definition) is 5. The van der Waals surface area contributed by atoms with Gasteiger partial charge in [0.1, 0.15) is 0 Å². The lowest BCUT2D eigenvalue weighted by atomic mass is 9.97. The Bertz CT molecular complexity index is 899. The number of amides is 2. The smallest absolute Gasteiger partial charge is 0.306 e. The van der Waals surface area contributed by atoms with Gasteiger partial charge in [-0.25, -0.2) is 9.50 Å². The first-order valence-corrected chi connectivity index (χ1v) is 8.86. The Hall–Kier alpha value is -2.97. The summed E-state index contributed by atoms with van der Waals surface area (Å²) < 4.78 is 1.62. The summed E-state index contributed by atoms with van der Waals surface area (Å²) in [6.07, 6.45) is 2.39. The third-order valence-electron chi connectivity index (χ3n) is 4.99. The van der Waals surface area contributed by atoms with Gasteiger partial charge < -0.3 is 14.9 Å². The molecule has 0 saturated carbocycles. The van der Waals surface area contributed by atoms with E-state index in [1.807, 2.05) is 13.0 Å². The Morgan fingerprint density at radius 3 is 2.56 bits per heavy atom. The number of carboxylic acid groups (broad SMARTS) is 1. The molecule has 27 heavy (non-hydrogen) atoms. The molecule has 0 atom stereocenters. The molecule has 0 bridgehead atoms. The molecule has 0 unspecified atom stereocenters. The van der Waals surface area contributed by atoms with Crippen LogP contribution in [0.1, 0.15) is 34.6 Å². The molecule has 0 radical (unpaired) electrons. The zero-order chi connectivity index (χ0) is 19.7. The summed E-state index contributed by atoms with van der Waals surface area (Å²) in [5, 5.41) is 13.4. The van der Waals surface area contributed by atoms with Crippen molar-refractivity contribution in [3.8, 4) is 0 Å². The number of aliphatic carboxylic acids is 1. The standard InChI is InChI=1S/C18H23N5O4/c1-11-8-15-19-9-14(12(2)23(15)20-11)17(25)21(3)10-16(24)22-6-4-13(5-7-22)18(26)27/h8-9,13H,4-7,10H2,1-3H3,(H,26,27). The van der Waals surface area contributed by atoms with Gasteiger partial charge >= 0.3 is 5.97 Å². The van der Waals surface area contributed by atoms with Crippen LogP contribution < -0.4 is 0 Å². The molecule has 1 aliphatic heterocycles. The number of carboxylic acids is 1. The largest absolute Gasteiger partial charge is 0.481 e. The summed E-state index contributed by atoms with van der Waals surface area (Å²) in [6, 6.07) is 1.83. The summed E-state index contributed by atoms with van der Waals surface area (Å²) in [5.74, 6) is -1.70. The second-order valence-electron chi connectivity index (χ2n) is 6.97. The third-order valence-corrected chi connectivity index (χ3v) is 4.99. The molecule has 1 N–H and O–H groups in total. The second kappa shape index (κ2) is 7.34. The predicted molar refractivity (Wildman–Crippen MR) is 96.4 cm³/mol. The molecular weight excluding hydrogens is 350 g/mol. The van der Waals surface area contributed by atoms with Crippen LogP contribution in [-0.4, -0.2) is 74.0 Å². The Kier molecular flexibility index (Phi) is 5.11. The van der Waals surface area contributed by atoms with Crippen molar-refractivity contribution >= 4 is 23.4 Å². The highest BCUT2D eigenvalue weighted by atomic mass is 16.4. The van der Waals surface area contributed by atoms with Crippen molar-refractivity contribution in [1.82, 2.24) is 24.4 Å². The zero-order valence-corrected chi connectivity index (χ0v) is 15.7. The van der Waals surface area contributed by atoms with Gasteiger partial charge in [-0.05, 0) is 26.7 Å². The number of rotatable bonds is 4. The van der Waals surface area contributed by atoms with Crippen LogP contribution in [0.25, 0.3) is 5.65 Å². The SMILES string of the molecule is Cc1cc2ncc(C(=O)N(C)CC(=O)N3CCC(C(=O)O)CC3)c(C)n2n1. The van der Waals surface area contributed by atoms with Crippen molar-refractivity contribution in [2.45, 2.75) is 26.7 Å². The van der Waals surface area contributed by atoms with E-state index in [1.165, 1.54) is 11.1 Å². The lowest BCUT2D eigenvalue weighted by Crippen LogP contribution is -2.45. The van der Waals surface area contributed by atoms with Crippen molar-refractivity contribution in [3.63, 3.8) is 0 Å². The van der Waals surface area contributed by atoms with Crippen molar-refractivity contribution in [2.24, 2.45) is 5.92 Å². The average Bonchev–Trinajstić information content (AvgIpc) is 3.03. The van der Waals surface area contributed by atoms with Crippen molar-refractivity contribution in [1.29, 1.82) is 0 Å². The van der Waals surface area contributed by atoms with Gasteiger partial charge in [-0.2, -0.15) is 5.10 Å². The molecule has 0 spiro atoms. The van der Waals surface area contributed by atoms with Gasteiger partial charge in [-0.15, -0.1) is 0 Å². The fraction of sp³-hybridized carbons (Fsp3) is 0.500. The Morgan fingerprint density at radius 2 is 1.93 bits per heavy atom. The number of likely N-dealkylation sites (tertiary alicyclic amines) is 1. The quantitative estimate of drug-likeness (QED) is 0.847. The van der Waals surface area contributed by atoms with E-state index in [2.05, 4.69) is 10.1 Å². The van der Waals surface area contributed by atoms with E-state index in [4.69, 9.17) is 5.11 Å². The van der Waals surface area contributed by atoms with E-state index in [-0.39, 0.29) is 18.4 Å². The predicted octanol–water partition coefficient (Wildman–Crippen LogP) is 0.741. The third kappa shape index (κ3) is 3.76. The van der Waals surface area contributed by atoms with Gasteiger partial charge in [-0.3, -0.25) is 14.4 Å². The number of hydrogen-bond donors (Lipinski definition) is 1. The first-order valence-electron chi connectivity index (χ1n) is 8.86. The number of piperidine rings is 1. The zero-order valence-electron chi connectivity index (χ0n) is 15.7. The van der Waals surface area contributed by atoms with Gasteiger partial charge in [-0.1, -0.05) is 0 Å². The highest BCUT2D eigenvalue weighted by molar-refractivity contribution is 5.97. The molecule has 1 saturated heterocycles. The van der Waals surface area contributed by atoms with Gasteiger partial charge in [0.05, 0.1) is 29.4 Å². The molecule has 9 heteroatoms. The molecule has 2 aromatic rings. The Balaban J connectivity index is 1.66. The van der Waals surface area contributed by atoms with E-state index in [9.17, 15) is 14.4 Å². The average molecular weight is 373 g/mol. The molecule has 0 aliphatic carbocycles. The fourth-order valence-electron chi connectivity index (χ4n) is 3.33. The molecule has 2 amide bonds. The molecule has 9 nitrogen and oxygen atoms in total. The number of fused-ring (bicyclic) bond motifs is 1. The van der Waals surface area contributed by atoms with Crippen LogP contribution in [0.4, 0.5) is 0 Å². The summed E-state index contributed by atoms with van der Waals surface area (Å²) in [5.41, 5.74) is 2.54. The molecule has 1 fully saturated rings. The van der Waals surface area contributed by atoms with Gasteiger partial charge in [0.2, 0.25) is 5.91 Å². The number of aryl methyl sites for hydroxylation is 2. The molecule has 2 aromatic heterocycles. The lowest BCUT2D eigenvalue weighted by molar-refractivity contribution is -0.145. The van der Waals surface area contributed by atoms with Crippen LogP contribution in [0.15, 0.2) is 12.3 Å². The van der Waals surface area contributed by atoms with Crippen LogP contribution in [-0.2, 0) is 9.59 Å². The first kappa shape index (κ1) is 18.8. The Morgan fingerprint density at radius 1 is 1.26 bits per heavy atom. The van der Waals surface area contributed by atoms with Gasteiger partial charge in [0.15, 0.2) is 5.65 Å². The highest BCUT2D eigenvalue weighted by Crippen LogP contribution is 2.18. The van der Waals surface area contributed by atoms with Crippen molar-refractivity contribution in [2.75, 3.05) is 26.7 Å². The summed E-state index contributed by atoms with van der Waals surface area (Å²) in [4.78, 5) is 43.5. The summed E-state index contributed by atoms with van der Waals surface area (Å²) in [6.45, 7) is 4.38. The molecule has 0 aromatic carbocycles. The summed E-state index contributed by atoms with van der Waals surface area (Å²) >= 11 is 0. The number of carbonyl (C=O) groups is 3. The van der Waals surface area contributed by atoms with Gasteiger partial charge in [0, 0.05) is 32.4 Å². The first-order chi connectivity index (χ1) is 12.8. The van der Waals surface area contributed by atoms with E-state index >= 15 is 0 Å². The number of nitrogens with zero attached hydrogens (tertiary/aromatic N) is 5. The van der Waals surface area contributed by atoms with Gasteiger partial charge in [0.25, 0.3) is 5.91 Å². The molecule has 144 valence electrons. The van der Waals surface area contributed by atoms with E-state index in [0.29, 0.717) is 42.8 Å². The minimum absolute atomic E-state index is 0.0633. The maximum atomic E-state index is 12.8. The maximum absolute atomic E-state index is 12.8. The number of aromatic nitrogens is 3. The Labute approximate surface area is 156 Å². The van der Waals surface area contributed by atoms with E-state index in [0.717, 1.165) is 5.69 Å². The van der Waals surface area contributed by atoms with Crippen LogP contribution in [0.2, 0.25) is 0 Å². The van der Waals surface area contributed by atoms with Crippen LogP contribution in [0.3, 0.4) is 0 Å². The lowest BCUT2D eigenvalue weighted by Gasteiger charge is -2.31. The molecule has 3 rings (SSSR count). The van der Waals surface area contributed by atoms with E-state index < -0.39 is 11.9 Å². The second-order valence-corrected chi connectivity index (χ2v) is 6.97. The minimum atomic E-state index is -0.818. The van der Waals surface area contributed by atoms with Crippen LogP contribution >= 0.6 is 0 Å². The monoisotopic (exact) mass is 373 g/mol. The normalized spacial score (nSPS) is 15.1.